The molecule has 0 atom stereocenters. The monoisotopic (exact) mass is 417 g/mol. The Morgan fingerprint density at radius 1 is 1.00 bits per heavy atom. The molecule has 0 saturated heterocycles. The van der Waals surface area contributed by atoms with Crippen LogP contribution in [0.5, 0.6) is 0 Å². The van der Waals surface area contributed by atoms with Gasteiger partial charge >= 0.3 is 5.97 Å². The molecule has 1 saturated carbocycles. The number of aromatic nitrogens is 2. The molecule has 1 aromatic heterocycles. The van der Waals surface area contributed by atoms with E-state index in [4.69, 9.17) is 4.74 Å². The first kappa shape index (κ1) is 20.8. The Kier molecular flexibility index (Phi) is 6.46. The molecule has 0 spiro atoms. The predicted octanol–water partition coefficient (Wildman–Crippen LogP) is 4.49. The molecular weight excluding hydrogens is 390 g/mol. The third-order valence-electron chi connectivity index (χ3n) is 5.83. The van der Waals surface area contributed by atoms with Gasteiger partial charge in [0.2, 0.25) is 0 Å². The summed E-state index contributed by atoms with van der Waals surface area (Å²) >= 11 is 0. The molecular formula is C25H27N3O3. The standard InChI is InChI=1S/C25H27N3O3/c1-27(20-13-7-3-8-14-20)24(29)18-31-25(30)23-17-22(19-11-5-2-6-12-19)26-28(23)21-15-9-4-10-16-21/h2,4-6,9-12,15-17,20H,3,7-8,13-14,18H2,1H3. The van der Waals surface area contributed by atoms with Crippen LogP contribution in [0.15, 0.2) is 66.7 Å². The van der Waals surface area contributed by atoms with Gasteiger partial charge in [0, 0.05) is 18.7 Å². The van der Waals surface area contributed by atoms with Crippen molar-refractivity contribution in [3.05, 3.63) is 72.4 Å². The fourth-order valence-electron chi connectivity index (χ4n) is 4.02. The Hall–Kier alpha value is -3.41. The molecule has 2 aromatic carbocycles. The normalized spacial score (nSPS) is 14.2. The summed E-state index contributed by atoms with van der Waals surface area (Å²) in [5, 5.41) is 4.63. The largest absolute Gasteiger partial charge is 0.451 e. The van der Waals surface area contributed by atoms with Crippen molar-refractivity contribution in [3.63, 3.8) is 0 Å². The van der Waals surface area contributed by atoms with Gasteiger partial charge in [0.15, 0.2) is 12.3 Å². The number of carbonyl (C=O) groups is 2. The summed E-state index contributed by atoms with van der Waals surface area (Å²) < 4.78 is 6.99. The highest BCUT2D eigenvalue weighted by molar-refractivity contribution is 5.91. The molecule has 0 bridgehead atoms. The zero-order valence-corrected chi connectivity index (χ0v) is 17.7. The summed E-state index contributed by atoms with van der Waals surface area (Å²) in [5.74, 6) is -0.738. The zero-order chi connectivity index (χ0) is 21.6. The summed E-state index contributed by atoms with van der Waals surface area (Å²) in [6.45, 7) is -0.271. The predicted molar refractivity (Wildman–Crippen MR) is 119 cm³/mol. The number of hydrogen-bond acceptors (Lipinski definition) is 4. The van der Waals surface area contributed by atoms with E-state index in [2.05, 4.69) is 5.10 Å². The van der Waals surface area contributed by atoms with Crippen molar-refractivity contribution in [2.24, 2.45) is 0 Å². The van der Waals surface area contributed by atoms with Gasteiger partial charge in [-0.25, -0.2) is 9.48 Å². The van der Waals surface area contributed by atoms with Crippen LogP contribution in [-0.4, -0.2) is 46.3 Å². The van der Waals surface area contributed by atoms with E-state index in [1.54, 1.807) is 22.7 Å². The summed E-state index contributed by atoms with van der Waals surface area (Å²) in [6, 6.07) is 21.0. The fraction of sp³-hybridized carbons (Fsp3) is 0.320. The van der Waals surface area contributed by atoms with Crippen LogP contribution in [0.4, 0.5) is 0 Å². The van der Waals surface area contributed by atoms with Crippen LogP contribution >= 0.6 is 0 Å². The summed E-state index contributed by atoms with van der Waals surface area (Å²) in [6.07, 6.45) is 5.52. The molecule has 31 heavy (non-hydrogen) atoms. The summed E-state index contributed by atoms with van der Waals surface area (Å²) in [4.78, 5) is 27.3. The third-order valence-corrected chi connectivity index (χ3v) is 5.83. The number of amides is 1. The summed E-state index contributed by atoms with van der Waals surface area (Å²) in [5.41, 5.74) is 2.61. The number of esters is 1. The van der Waals surface area contributed by atoms with Gasteiger partial charge in [-0.15, -0.1) is 0 Å². The smallest absolute Gasteiger partial charge is 0.357 e. The molecule has 1 amide bonds. The molecule has 0 unspecified atom stereocenters. The van der Waals surface area contributed by atoms with Crippen LogP contribution in [0.25, 0.3) is 16.9 Å². The van der Waals surface area contributed by atoms with Crippen molar-refractivity contribution in [1.82, 2.24) is 14.7 Å². The van der Waals surface area contributed by atoms with Crippen molar-refractivity contribution >= 4 is 11.9 Å². The van der Waals surface area contributed by atoms with Gasteiger partial charge in [0.1, 0.15) is 0 Å². The molecule has 6 heteroatoms. The first-order valence-corrected chi connectivity index (χ1v) is 10.8. The Morgan fingerprint density at radius 3 is 2.32 bits per heavy atom. The molecule has 1 heterocycles. The van der Waals surface area contributed by atoms with Gasteiger partial charge in [-0.1, -0.05) is 67.8 Å². The number of hydrogen-bond donors (Lipinski definition) is 0. The topological polar surface area (TPSA) is 64.4 Å². The SMILES string of the molecule is CN(C(=O)COC(=O)c1cc(-c2ccccc2)nn1-c1ccccc1)C1CCCCC1. The van der Waals surface area contributed by atoms with Crippen molar-refractivity contribution in [1.29, 1.82) is 0 Å². The number of rotatable bonds is 6. The molecule has 4 rings (SSSR count). The number of ether oxygens (including phenoxy) is 1. The molecule has 1 aliphatic rings. The fourth-order valence-corrected chi connectivity index (χ4v) is 4.02. The minimum absolute atomic E-state index is 0.172. The highest BCUT2D eigenvalue weighted by Crippen LogP contribution is 2.23. The number of para-hydroxylation sites is 1. The summed E-state index contributed by atoms with van der Waals surface area (Å²) in [7, 11) is 1.80. The lowest BCUT2D eigenvalue weighted by atomic mass is 9.94. The van der Waals surface area contributed by atoms with Crippen LogP contribution in [0.2, 0.25) is 0 Å². The Morgan fingerprint density at radius 2 is 1.65 bits per heavy atom. The first-order valence-electron chi connectivity index (χ1n) is 10.8. The lowest BCUT2D eigenvalue weighted by Gasteiger charge is -2.31. The lowest BCUT2D eigenvalue weighted by molar-refractivity contribution is -0.135. The lowest BCUT2D eigenvalue weighted by Crippen LogP contribution is -2.40. The van der Waals surface area contributed by atoms with Crippen molar-refractivity contribution < 1.29 is 14.3 Å². The van der Waals surface area contributed by atoms with Crippen LogP contribution in [0.3, 0.4) is 0 Å². The highest BCUT2D eigenvalue weighted by Gasteiger charge is 2.24. The molecule has 1 aliphatic carbocycles. The molecule has 1 fully saturated rings. The van der Waals surface area contributed by atoms with E-state index in [1.807, 2.05) is 60.7 Å². The van der Waals surface area contributed by atoms with Gasteiger partial charge in [-0.3, -0.25) is 4.79 Å². The van der Waals surface area contributed by atoms with E-state index in [9.17, 15) is 9.59 Å². The number of carbonyl (C=O) groups excluding carboxylic acids is 2. The molecule has 160 valence electrons. The van der Waals surface area contributed by atoms with Gasteiger partial charge < -0.3 is 9.64 Å². The second-order valence-electron chi connectivity index (χ2n) is 7.90. The Labute approximate surface area is 182 Å². The van der Waals surface area contributed by atoms with E-state index in [0.29, 0.717) is 5.69 Å². The molecule has 0 aliphatic heterocycles. The number of nitrogens with zero attached hydrogens (tertiary/aromatic N) is 3. The maximum atomic E-state index is 12.9. The molecule has 6 nitrogen and oxygen atoms in total. The minimum atomic E-state index is -0.566. The highest BCUT2D eigenvalue weighted by atomic mass is 16.5. The van der Waals surface area contributed by atoms with Gasteiger partial charge in [0.05, 0.1) is 11.4 Å². The van der Waals surface area contributed by atoms with Crippen molar-refractivity contribution in [2.45, 2.75) is 38.1 Å². The van der Waals surface area contributed by atoms with Crippen LogP contribution < -0.4 is 0 Å². The van der Waals surface area contributed by atoms with Crippen LogP contribution in [-0.2, 0) is 9.53 Å². The average molecular weight is 418 g/mol. The van der Waals surface area contributed by atoms with Crippen molar-refractivity contribution in [3.8, 4) is 16.9 Å². The van der Waals surface area contributed by atoms with Crippen molar-refractivity contribution in [2.75, 3.05) is 13.7 Å². The van der Waals surface area contributed by atoms with E-state index < -0.39 is 5.97 Å². The van der Waals surface area contributed by atoms with E-state index in [-0.39, 0.29) is 24.2 Å². The first-order chi connectivity index (χ1) is 15.1. The molecule has 0 N–H and O–H groups in total. The second kappa shape index (κ2) is 9.60. The van der Waals surface area contributed by atoms with Crippen LogP contribution in [0.1, 0.15) is 42.6 Å². The van der Waals surface area contributed by atoms with E-state index in [1.165, 1.54) is 6.42 Å². The Bertz CT molecular complexity index is 1020. The third kappa shape index (κ3) is 4.85. The van der Waals surface area contributed by atoms with E-state index in [0.717, 1.165) is 36.9 Å². The quantitative estimate of drug-likeness (QED) is 0.555. The van der Waals surface area contributed by atoms with Crippen LogP contribution in [0, 0.1) is 0 Å². The second-order valence-corrected chi connectivity index (χ2v) is 7.90. The maximum absolute atomic E-state index is 12.9. The minimum Gasteiger partial charge on any atom is -0.451 e. The average Bonchev–Trinajstić information content (AvgIpc) is 3.29. The van der Waals surface area contributed by atoms with E-state index >= 15 is 0 Å². The van der Waals surface area contributed by atoms with Gasteiger partial charge in [-0.05, 0) is 31.0 Å². The van der Waals surface area contributed by atoms with Gasteiger partial charge in [0.25, 0.3) is 5.91 Å². The number of likely N-dealkylation sites (N-methyl/N-ethyl adjacent to an activating group) is 1. The molecule has 3 aromatic rings. The Balaban J connectivity index is 1.52. The number of benzene rings is 2. The zero-order valence-electron chi connectivity index (χ0n) is 17.7. The van der Waals surface area contributed by atoms with Gasteiger partial charge in [-0.2, -0.15) is 5.10 Å². The maximum Gasteiger partial charge on any atom is 0.357 e. The molecule has 0 radical (unpaired) electrons.